The van der Waals surface area contributed by atoms with E-state index >= 15 is 0 Å². The Balaban J connectivity index is 0.00000218. The molecule has 7 nitrogen and oxygen atoms in total. The van der Waals surface area contributed by atoms with Crippen molar-refractivity contribution in [3.8, 4) is 22.6 Å². The van der Waals surface area contributed by atoms with Crippen molar-refractivity contribution in [2.45, 2.75) is 32.1 Å². The molecule has 0 aliphatic heterocycles. The van der Waals surface area contributed by atoms with Gasteiger partial charge in [-0.15, -0.1) is 0 Å². The zero-order chi connectivity index (χ0) is 19.8. The van der Waals surface area contributed by atoms with Crippen LogP contribution in [0.3, 0.4) is 0 Å². The molecule has 0 bridgehead atoms. The van der Waals surface area contributed by atoms with Crippen LogP contribution in [0.15, 0.2) is 55.0 Å². The number of hydrogen-bond acceptors (Lipinski definition) is 6. The molecule has 30 heavy (non-hydrogen) atoms. The van der Waals surface area contributed by atoms with Gasteiger partial charge in [-0.2, -0.15) is 5.10 Å². The van der Waals surface area contributed by atoms with Gasteiger partial charge in [-0.05, 0) is 48.7 Å². The molecule has 1 aromatic carbocycles. The highest BCUT2D eigenvalue weighted by Crippen LogP contribution is 2.47. The quantitative estimate of drug-likeness (QED) is 0.530. The second-order valence-corrected chi connectivity index (χ2v) is 7.21. The van der Waals surface area contributed by atoms with Gasteiger partial charge in [0.15, 0.2) is 5.82 Å². The number of aromatic amines is 1. The van der Waals surface area contributed by atoms with Crippen molar-refractivity contribution in [1.29, 1.82) is 0 Å². The van der Waals surface area contributed by atoms with Crippen LogP contribution in [0.1, 0.15) is 38.1 Å². The van der Waals surface area contributed by atoms with E-state index in [1.54, 1.807) is 24.5 Å². The molecule has 1 saturated carbocycles. The van der Waals surface area contributed by atoms with Gasteiger partial charge >= 0.3 is 0 Å². The number of benzene rings is 1. The number of aromatic nitrogens is 6. The van der Waals surface area contributed by atoms with Crippen LogP contribution >= 0.6 is 0 Å². The van der Waals surface area contributed by atoms with Crippen molar-refractivity contribution >= 4 is 5.95 Å². The van der Waals surface area contributed by atoms with Crippen LogP contribution in [0.5, 0.6) is 0 Å². The number of nitrogens with zero attached hydrogens (tertiary/aromatic N) is 5. The maximum atomic E-state index is 13.2. The molecule has 152 valence electrons. The van der Waals surface area contributed by atoms with Crippen LogP contribution in [-0.2, 0) is 5.41 Å². The average molecular weight is 403 g/mol. The number of hydrogen-bond donors (Lipinski definition) is 2. The molecule has 1 fully saturated rings. The molecule has 0 amide bonds. The van der Waals surface area contributed by atoms with Crippen LogP contribution in [0.4, 0.5) is 10.3 Å². The lowest BCUT2D eigenvalue weighted by Gasteiger charge is -2.40. The minimum atomic E-state index is -0.280. The first kappa shape index (κ1) is 19.6. The standard InChI is InChI=1S/C21H18FN7.CH4/c22-16-5-2-13(3-6-16)18-27-19(29-28-18)21(8-1-9-21)15-4-7-17(24-12-15)14-10-25-20(23)26-11-14;/h2-7,10-12H,1,8-9H2,(H2,23,25,26)(H,27,28,29);1H4. The molecule has 0 radical (unpaired) electrons. The molecule has 5 rings (SSSR count). The van der Waals surface area contributed by atoms with Crippen molar-refractivity contribution in [3.05, 3.63) is 72.2 Å². The van der Waals surface area contributed by atoms with Gasteiger partial charge in [0.2, 0.25) is 5.95 Å². The Morgan fingerprint density at radius 2 is 1.63 bits per heavy atom. The van der Waals surface area contributed by atoms with E-state index < -0.39 is 0 Å². The molecule has 0 saturated heterocycles. The third-order valence-corrected chi connectivity index (χ3v) is 5.53. The molecule has 4 aromatic rings. The van der Waals surface area contributed by atoms with Gasteiger partial charge in [0, 0.05) is 29.7 Å². The van der Waals surface area contributed by atoms with Crippen LogP contribution < -0.4 is 5.73 Å². The number of pyridine rings is 1. The maximum Gasteiger partial charge on any atom is 0.219 e. The van der Waals surface area contributed by atoms with E-state index in [1.807, 2.05) is 12.3 Å². The Hall–Kier alpha value is -3.68. The van der Waals surface area contributed by atoms with E-state index in [-0.39, 0.29) is 24.6 Å². The van der Waals surface area contributed by atoms with Gasteiger partial charge in [0.1, 0.15) is 11.6 Å². The van der Waals surface area contributed by atoms with Crippen molar-refractivity contribution in [2.24, 2.45) is 0 Å². The fraction of sp³-hybridized carbons (Fsp3) is 0.227. The summed E-state index contributed by atoms with van der Waals surface area (Å²) in [4.78, 5) is 17.4. The van der Waals surface area contributed by atoms with Crippen molar-refractivity contribution in [2.75, 3.05) is 5.73 Å². The minimum Gasteiger partial charge on any atom is -0.368 e. The molecule has 8 heteroatoms. The molecule has 0 unspecified atom stereocenters. The van der Waals surface area contributed by atoms with Crippen LogP contribution in [-0.4, -0.2) is 30.1 Å². The van der Waals surface area contributed by atoms with Gasteiger partial charge in [0.05, 0.1) is 11.1 Å². The average Bonchev–Trinajstić information content (AvgIpc) is 3.19. The van der Waals surface area contributed by atoms with Crippen molar-refractivity contribution in [1.82, 2.24) is 30.1 Å². The first-order chi connectivity index (χ1) is 14.1. The predicted octanol–water partition coefficient (Wildman–Crippen LogP) is 4.15. The third kappa shape index (κ3) is 3.30. The zero-order valence-electron chi connectivity index (χ0n) is 15.5. The predicted molar refractivity (Wildman–Crippen MR) is 113 cm³/mol. The zero-order valence-corrected chi connectivity index (χ0v) is 15.5. The fourth-order valence-corrected chi connectivity index (χ4v) is 3.71. The number of halogens is 1. The summed E-state index contributed by atoms with van der Waals surface area (Å²) in [5, 5.41) is 7.45. The highest BCUT2D eigenvalue weighted by atomic mass is 19.1. The summed E-state index contributed by atoms with van der Waals surface area (Å²) in [7, 11) is 0. The summed E-state index contributed by atoms with van der Waals surface area (Å²) >= 11 is 0. The summed E-state index contributed by atoms with van der Waals surface area (Å²) in [6, 6.07) is 10.2. The van der Waals surface area contributed by atoms with Gasteiger partial charge < -0.3 is 5.73 Å². The summed E-state index contributed by atoms with van der Waals surface area (Å²) in [5.74, 6) is 1.34. The number of rotatable bonds is 4. The van der Waals surface area contributed by atoms with E-state index in [4.69, 9.17) is 10.7 Å². The largest absolute Gasteiger partial charge is 0.368 e. The first-order valence-corrected chi connectivity index (χ1v) is 9.37. The molecule has 3 aromatic heterocycles. The number of nitrogens with one attached hydrogen (secondary N) is 1. The van der Waals surface area contributed by atoms with Gasteiger partial charge in [-0.25, -0.2) is 19.3 Å². The van der Waals surface area contributed by atoms with Crippen molar-refractivity contribution < 1.29 is 4.39 Å². The second-order valence-electron chi connectivity index (χ2n) is 7.21. The van der Waals surface area contributed by atoms with Crippen LogP contribution in [0.25, 0.3) is 22.6 Å². The second kappa shape index (κ2) is 7.62. The molecule has 3 heterocycles. The summed E-state index contributed by atoms with van der Waals surface area (Å²) in [6.45, 7) is 0. The Morgan fingerprint density at radius 1 is 0.900 bits per heavy atom. The fourth-order valence-electron chi connectivity index (χ4n) is 3.71. The monoisotopic (exact) mass is 403 g/mol. The lowest BCUT2D eigenvalue weighted by molar-refractivity contribution is 0.285. The Labute approximate surface area is 173 Å². The topological polar surface area (TPSA) is 106 Å². The highest BCUT2D eigenvalue weighted by molar-refractivity contribution is 5.58. The minimum absolute atomic E-state index is 0. The van der Waals surface area contributed by atoms with Crippen molar-refractivity contribution in [3.63, 3.8) is 0 Å². The number of anilines is 1. The molecular weight excluding hydrogens is 381 g/mol. The Kier molecular flexibility index (Phi) is 4.99. The Morgan fingerprint density at radius 3 is 2.23 bits per heavy atom. The van der Waals surface area contributed by atoms with Crippen LogP contribution in [0.2, 0.25) is 0 Å². The smallest absolute Gasteiger partial charge is 0.219 e. The molecular formula is C22H22FN7. The van der Waals surface area contributed by atoms with E-state index in [2.05, 4.69) is 31.2 Å². The number of H-pyrrole nitrogens is 1. The van der Waals surface area contributed by atoms with E-state index in [0.29, 0.717) is 5.82 Å². The molecule has 0 atom stereocenters. The summed E-state index contributed by atoms with van der Waals surface area (Å²) in [5.41, 5.74) is 8.79. The van der Waals surface area contributed by atoms with Gasteiger partial charge in [-0.1, -0.05) is 19.9 Å². The molecule has 0 spiro atoms. The number of nitrogen functional groups attached to an aromatic ring is 1. The highest BCUT2D eigenvalue weighted by Gasteiger charge is 2.43. The lowest BCUT2D eigenvalue weighted by Crippen LogP contribution is -2.36. The third-order valence-electron chi connectivity index (χ3n) is 5.53. The summed E-state index contributed by atoms with van der Waals surface area (Å²) < 4.78 is 13.2. The van der Waals surface area contributed by atoms with Gasteiger partial charge in [-0.3, -0.25) is 10.1 Å². The maximum absolute atomic E-state index is 13.2. The molecule has 1 aliphatic carbocycles. The Bertz CT molecular complexity index is 1130. The van der Waals surface area contributed by atoms with E-state index in [0.717, 1.165) is 47.5 Å². The molecule has 3 N–H and O–H groups in total. The van der Waals surface area contributed by atoms with Gasteiger partial charge in [0.25, 0.3) is 0 Å². The van der Waals surface area contributed by atoms with E-state index in [9.17, 15) is 4.39 Å². The van der Waals surface area contributed by atoms with Crippen LogP contribution in [0, 0.1) is 5.82 Å². The summed E-state index contributed by atoms with van der Waals surface area (Å²) in [6.07, 6.45) is 8.25. The lowest BCUT2D eigenvalue weighted by atomic mass is 9.64. The SMILES string of the molecule is C.Nc1ncc(-c2ccc(C3(c4nc(-c5ccc(F)cc5)n[nH]4)CCC3)cn2)cn1. The number of nitrogens with two attached hydrogens (primary N) is 1. The first-order valence-electron chi connectivity index (χ1n) is 9.37. The van der Waals surface area contributed by atoms with E-state index in [1.165, 1.54) is 12.1 Å². The normalized spacial score (nSPS) is 14.6. The molecule has 1 aliphatic rings.